The molecule has 0 amide bonds. The molecule has 0 aliphatic heterocycles. The van der Waals surface area contributed by atoms with Gasteiger partial charge in [-0.25, -0.2) is 14.2 Å². The van der Waals surface area contributed by atoms with E-state index in [4.69, 9.17) is 25.9 Å². The molecule has 4 aromatic rings. The highest BCUT2D eigenvalue weighted by molar-refractivity contribution is 6.31. The summed E-state index contributed by atoms with van der Waals surface area (Å²) in [6.07, 6.45) is 1.35. The van der Waals surface area contributed by atoms with Crippen molar-refractivity contribution in [2.24, 2.45) is 0 Å². The van der Waals surface area contributed by atoms with Crippen molar-refractivity contribution in [3.63, 3.8) is 0 Å². The minimum atomic E-state index is -1.15. The van der Waals surface area contributed by atoms with Crippen LogP contribution in [0.3, 0.4) is 0 Å². The number of carboxylic acids is 1. The van der Waals surface area contributed by atoms with E-state index in [9.17, 15) is 9.18 Å². The second kappa shape index (κ2) is 7.76. The Balaban J connectivity index is 1.52. The third-order valence-corrected chi connectivity index (χ3v) is 4.38. The number of ether oxygens (including phenoxy) is 1. The standard InChI is InChI=1S/C20H13ClFN3O4/c21-14-2-1-3-15(22)13(14)10-24-20-25-16-5-4-11(9-18(16)29-20)28-12-6-7-23-17(8-12)19(26)27/h1-9H,10H2,(H,24,25)(H,26,27). The zero-order valence-electron chi connectivity index (χ0n) is 14.7. The number of halogens is 2. The minimum absolute atomic E-state index is 0.108. The molecule has 2 heterocycles. The molecule has 7 nitrogen and oxygen atoms in total. The number of fused-ring (bicyclic) bond motifs is 1. The topological polar surface area (TPSA) is 97.5 Å². The molecule has 2 aromatic carbocycles. The van der Waals surface area contributed by atoms with Gasteiger partial charge in [-0.15, -0.1) is 0 Å². The van der Waals surface area contributed by atoms with Crippen LogP contribution in [0.4, 0.5) is 10.4 Å². The van der Waals surface area contributed by atoms with Gasteiger partial charge < -0.3 is 19.6 Å². The lowest BCUT2D eigenvalue weighted by Gasteiger charge is -2.05. The van der Waals surface area contributed by atoms with Crippen molar-refractivity contribution in [3.05, 3.63) is 76.8 Å². The van der Waals surface area contributed by atoms with Crippen molar-refractivity contribution in [3.8, 4) is 11.5 Å². The SMILES string of the molecule is O=C(O)c1cc(Oc2ccc3nc(NCc4c(F)cccc4Cl)oc3c2)ccn1. The first-order valence-electron chi connectivity index (χ1n) is 8.44. The summed E-state index contributed by atoms with van der Waals surface area (Å²) in [6.45, 7) is 0.108. The molecule has 146 valence electrons. The Bertz CT molecular complexity index is 1190. The first-order valence-corrected chi connectivity index (χ1v) is 8.82. The minimum Gasteiger partial charge on any atom is -0.477 e. The Morgan fingerprint density at radius 1 is 1.21 bits per heavy atom. The smallest absolute Gasteiger partial charge is 0.354 e. The molecule has 0 aliphatic rings. The van der Waals surface area contributed by atoms with Gasteiger partial charge in [0.15, 0.2) is 11.3 Å². The molecular weight excluding hydrogens is 401 g/mol. The molecule has 29 heavy (non-hydrogen) atoms. The Hall–Kier alpha value is -3.65. The Morgan fingerprint density at radius 2 is 2.03 bits per heavy atom. The van der Waals surface area contributed by atoms with Crippen molar-refractivity contribution in [1.29, 1.82) is 0 Å². The second-order valence-corrected chi connectivity index (χ2v) is 6.39. The molecule has 0 saturated carbocycles. The van der Waals surface area contributed by atoms with Gasteiger partial charge >= 0.3 is 5.97 Å². The predicted molar refractivity (Wildman–Crippen MR) is 104 cm³/mol. The summed E-state index contributed by atoms with van der Waals surface area (Å²) < 4.78 is 25.2. The van der Waals surface area contributed by atoms with Crippen LogP contribution in [-0.4, -0.2) is 21.0 Å². The van der Waals surface area contributed by atoms with Crippen LogP contribution in [0, 0.1) is 5.82 Å². The monoisotopic (exact) mass is 413 g/mol. The van der Waals surface area contributed by atoms with Crippen LogP contribution in [0.25, 0.3) is 11.1 Å². The van der Waals surface area contributed by atoms with Crippen LogP contribution in [-0.2, 0) is 6.54 Å². The van der Waals surface area contributed by atoms with E-state index in [2.05, 4.69) is 15.3 Å². The highest BCUT2D eigenvalue weighted by Crippen LogP contribution is 2.28. The fraction of sp³-hybridized carbons (Fsp3) is 0.0500. The number of nitrogens with one attached hydrogen (secondary N) is 1. The number of pyridine rings is 1. The Kier molecular flexibility index (Phi) is 5.01. The van der Waals surface area contributed by atoms with Crippen LogP contribution in [0.2, 0.25) is 5.02 Å². The molecule has 9 heteroatoms. The Labute approximate surface area is 168 Å². The van der Waals surface area contributed by atoms with Crippen LogP contribution >= 0.6 is 11.6 Å². The van der Waals surface area contributed by atoms with Crippen molar-refractivity contribution in [1.82, 2.24) is 9.97 Å². The zero-order valence-corrected chi connectivity index (χ0v) is 15.5. The maximum Gasteiger partial charge on any atom is 0.354 e. The lowest BCUT2D eigenvalue weighted by Crippen LogP contribution is -2.02. The van der Waals surface area contributed by atoms with Gasteiger partial charge in [-0.3, -0.25) is 0 Å². The summed E-state index contributed by atoms with van der Waals surface area (Å²) in [5.74, 6) is -0.814. The first-order chi connectivity index (χ1) is 14.0. The Morgan fingerprint density at radius 3 is 2.83 bits per heavy atom. The molecule has 0 fully saturated rings. The molecule has 0 bridgehead atoms. The zero-order chi connectivity index (χ0) is 20.4. The van der Waals surface area contributed by atoms with E-state index < -0.39 is 11.8 Å². The van der Waals surface area contributed by atoms with Gasteiger partial charge in [0.05, 0.1) is 0 Å². The summed E-state index contributed by atoms with van der Waals surface area (Å²) in [7, 11) is 0. The number of aromatic carboxylic acids is 1. The van der Waals surface area contributed by atoms with Crippen LogP contribution < -0.4 is 10.1 Å². The average Bonchev–Trinajstić information content (AvgIpc) is 3.10. The molecule has 4 rings (SSSR count). The van der Waals surface area contributed by atoms with Crippen LogP contribution in [0.15, 0.2) is 59.1 Å². The van der Waals surface area contributed by atoms with Crippen molar-refractivity contribution in [2.75, 3.05) is 5.32 Å². The summed E-state index contributed by atoms with van der Waals surface area (Å²) in [6, 6.07) is 12.5. The molecule has 2 aromatic heterocycles. The molecular formula is C20H13ClFN3O4. The van der Waals surface area contributed by atoms with E-state index in [1.165, 1.54) is 24.4 Å². The summed E-state index contributed by atoms with van der Waals surface area (Å²) in [5, 5.41) is 12.2. The number of carbonyl (C=O) groups is 1. The fourth-order valence-electron chi connectivity index (χ4n) is 2.64. The van der Waals surface area contributed by atoms with E-state index in [1.807, 2.05) is 0 Å². The van der Waals surface area contributed by atoms with Gasteiger partial charge in [0, 0.05) is 35.5 Å². The van der Waals surface area contributed by atoms with E-state index in [1.54, 1.807) is 30.3 Å². The van der Waals surface area contributed by atoms with Gasteiger partial charge in [0.2, 0.25) is 0 Å². The highest BCUT2D eigenvalue weighted by Gasteiger charge is 2.11. The largest absolute Gasteiger partial charge is 0.477 e. The lowest BCUT2D eigenvalue weighted by molar-refractivity contribution is 0.0690. The third kappa shape index (κ3) is 4.12. The average molecular weight is 414 g/mol. The second-order valence-electron chi connectivity index (χ2n) is 5.99. The van der Waals surface area contributed by atoms with Crippen LogP contribution in [0.5, 0.6) is 11.5 Å². The van der Waals surface area contributed by atoms with E-state index >= 15 is 0 Å². The number of hydrogen-bond donors (Lipinski definition) is 2. The van der Waals surface area contributed by atoms with Gasteiger partial charge in [-0.05, 0) is 30.3 Å². The van der Waals surface area contributed by atoms with E-state index in [0.29, 0.717) is 33.2 Å². The van der Waals surface area contributed by atoms with Gasteiger partial charge in [0.25, 0.3) is 6.01 Å². The molecule has 0 atom stereocenters. The lowest BCUT2D eigenvalue weighted by atomic mass is 10.2. The van der Waals surface area contributed by atoms with Gasteiger partial charge in [-0.1, -0.05) is 17.7 Å². The third-order valence-electron chi connectivity index (χ3n) is 4.02. The number of nitrogens with zero attached hydrogens (tertiary/aromatic N) is 2. The van der Waals surface area contributed by atoms with E-state index in [-0.39, 0.29) is 18.3 Å². The maximum atomic E-state index is 13.9. The number of aromatic nitrogens is 2. The van der Waals surface area contributed by atoms with Crippen molar-refractivity contribution >= 4 is 34.7 Å². The summed E-state index contributed by atoms with van der Waals surface area (Å²) in [5.41, 5.74) is 1.20. The number of anilines is 1. The quantitative estimate of drug-likeness (QED) is 0.452. The number of carboxylic acid groups (broad SMARTS) is 1. The molecule has 2 N–H and O–H groups in total. The van der Waals surface area contributed by atoms with Gasteiger partial charge in [0.1, 0.15) is 22.8 Å². The number of rotatable bonds is 6. The molecule has 0 aliphatic carbocycles. The fourth-order valence-corrected chi connectivity index (χ4v) is 2.87. The molecule has 0 spiro atoms. The maximum absolute atomic E-state index is 13.9. The van der Waals surface area contributed by atoms with Crippen molar-refractivity contribution < 1.29 is 23.4 Å². The summed E-state index contributed by atoms with van der Waals surface area (Å²) >= 11 is 6.01. The highest BCUT2D eigenvalue weighted by atomic mass is 35.5. The van der Waals surface area contributed by atoms with E-state index in [0.717, 1.165) is 0 Å². The van der Waals surface area contributed by atoms with Crippen LogP contribution in [0.1, 0.15) is 16.1 Å². The number of benzene rings is 2. The number of hydrogen-bond acceptors (Lipinski definition) is 6. The number of oxazole rings is 1. The molecule has 0 saturated heterocycles. The van der Waals surface area contributed by atoms with Gasteiger partial charge in [-0.2, -0.15) is 4.98 Å². The van der Waals surface area contributed by atoms with Crippen molar-refractivity contribution in [2.45, 2.75) is 6.54 Å². The first kappa shape index (κ1) is 18.7. The molecule has 0 radical (unpaired) electrons. The predicted octanol–water partition coefficient (Wildman–Crippen LogP) is 5.12. The summed E-state index contributed by atoms with van der Waals surface area (Å²) in [4.78, 5) is 19.0. The normalized spacial score (nSPS) is 10.8. The molecule has 0 unspecified atom stereocenters.